The van der Waals surface area contributed by atoms with E-state index in [0.717, 1.165) is 30.8 Å². The molecule has 1 aliphatic heterocycles. The third kappa shape index (κ3) is 3.32. The van der Waals surface area contributed by atoms with Gasteiger partial charge in [0, 0.05) is 11.3 Å². The van der Waals surface area contributed by atoms with Crippen LogP contribution in [-0.2, 0) is 0 Å². The van der Waals surface area contributed by atoms with Crippen molar-refractivity contribution in [1.29, 1.82) is 0 Å². The number of benzene rings is 1. The third-order valence-electron chi connectivity index (χ3n) is 3.95. The number of hydrogen-bond acceptors (Lipinski definition) is 8. The van der Waals surface area contributed by atoms with Crippen LogP contribution in [0, 0.1) is 0 Å². The lowest BCUT2D eigenvalue weighted by Crippen LogP contribution is -2.12. The molecule has 27 heavy (non-hydrogen) atoms. The van der Waals surface area contributed by atoms with Gasteiger partial charge in [0.25, 0.3) is 0 Å². The molecule has 140 valence electrons. The van der Waals surface area contributed by atoms with E-state index < -0.39 is 0 Å². The minimum Gasteiger partial charge on any atom is -0.493 e. The lowest BCUT2D eigenvalue weighted by atomic mass is 10.1. The lowest BCUT2D eigenvalue weighted by molar-refractivity contribution is 0.324. The van der Waals surface area contributed by atoms with E-state index in [4.69, 9.17) is 19.3 Å². The van der Waals surface area contributed by atoms with Crippen molar-refractivity contribution < 1.29 is 14.2 Å². The van der Waals surface area contributed by atoms with E-state index in [0.29, 0.717) is 23.1 Å². The Kier molecular flexibility index (Phi) is 5.11. The first-order chi connectivity index (χ1) is 13.1. The monoisotopic (exact) mass is 466 g/mol. The van der Waals surface area contributed by atoms with Crippen LogP contribution in [0.4, 0.5) is 0 Å². The van der Waals surface area contributed by atoms with Crippen LogP contribution in [0.25, 0.3) is 11.4 Å². The van der Waals surface area contributed by atoms with Gasteiger partial charge in [0.15, 0.2) is 17.3 Å². The molecule has 3 aromatic rings. The Morgan fingerprint density at radius 1 is 1.04 bits per heavy atom. The minimum absolute atomic E-state index is 0.532. The van der Waals surface area contributed by atoms with Crippen molar-refractivity contribution in [3.05, 3.63) is 32.9 Å². The van der Waals surface area contributed by atoms with E-state index >= 15 is 0 Å². The number of thioether (sulfide) groups is 1. The molecule has 0 saturated carbocycles. The predicted molar refractivity (Wildman–Crippen MR) is 110 cm³/mol. The van der Waals surface area contributed by atoms with Crippen molar-refractivity contribution in [2.45, 2.75) is 5.16 Å². The molecular weight excluding hydrogens is 452 g/mol. The highest BCUT2D eigenvalue weighted by Crippen LogP contribution is 2.41. The molecule has 0 unspecified atom stereocenters. The van der Waals surface area contributed by atoms with Crippen molar-refractivity contribution in [2.24, 2.45) is 5.10 Å². The van der Waals surface area contributed by atoms with Gasteiger partial charge in [-0.2, -0.15) is 9.78 Å². The number of fused-ring (bicyclic) bond motifs is 1. The second-order valence-corrected chi connectivity index (χ2v) is 8.88. The molecule has 0 amide bonds. The van der Waals surface area contributed by atoms with Crippen LogP contribution in [0.15, 0.2) is 38.3 Å². The fourth-order valence-electron chi connectivity index (χ4n) is 2.71. The van der Waals surface area contributed by atoms with Gasteiger partial charge in [0.2, 0.25) is 10.9 Å². The zero-order chi connectivity index (χ0) is 19.0. The van der Waals surface area contributed by atoms with Crippen molar-refractivity contribution in [1.82, 2.24) is 14.9 Å². The Labute approximate surface area is 172 Å². The number of thiophene rings is 1. The molecule has 0 atom stereocenters. The van der Waals surface area contributed by atoms with Crippen molar-refractivity contribution in [3.63, 3.8) is 0 Å². The van der Waals surface area contributed by atoms with Gasteiger partial charge in [-0.1, -0.05) is 11.8 Å². The van der Waals surface area contributed by atoms with Crippen LogP contribution in [0.5, 0.6) is 17.2 Å². The number of rotatable bonds is 5. The summed E-state index contributed by atoms with van der Waals surface area (Å²) in [6.45, 7) is 0. The third-order valence-corrected chi connectivity index (χ3v) is 6.55. The average molecular weight is 467 g/mol. The zero-order valence-corrected chi connectivity index (χ0v) is 17.9. The Hall–Kier alpha value is -2.04. The first-order valence-electron chi connectivity index (χ1n) is 7.86. The molecule has 0 radical (unpaired) electrons. The minimum atomic E-state index is 0.532. The SMILES string of the molecule is COc1cc(-c2nnc3n2N=C(c2ccc(Br)s2)CS3)cc(OC)c1OC. The number of ether oxygens (including phenoxy) is 3. The highest BCUT2D eigenvalue weighted by atomic mass is 79.9. The summed E-state index contributed by atoms with van der Waals surface area (Å²) < 4.78 is 19.1. The number of methoxy groups -OCH3 is 3. The van der Waals surface area contributed by atoms with Crippen LogP contribution in [-0.4, -0.2) is 47.7 Å². The Bertz CT molecular complexity index is 1010. The molecule has 4 rings (SSSR count). The second-order valence-electron chi connectivity index (χ2n) is 5.47. The Morgan fingerprint density at radius 3 is 2.37 bits per heavy atom. The average Bonchev–Trinajstić information content (AvgIpc) is 3.32. The highest BCUT2D eigenvalue weighted by Gasteiger charge is 2.23. The summed E-state index contributed by atoms with van der Waals surface area (Å²) in [6.07, 6.45) is 0. The van der Waals surface area contributed by atoms with Gasteiger partial charge in [-0.05, 0) is 40.2 Å². The summed E-state index contributed by atoms with van der Waals surface area (Å²) in [5.74, 6) is 3.01. The van der Waals surface area contributed by atoms with Crippen LogP contribution in [0.1, 0.15) is 4.88 Å². The summed E-state index contributed by atoms with van der Waals surface area (Å²) in [5, 5.41) is 14.1. The van der Waals surface area contributed by atoms with E-state index in [-0.39, 0.29) is 0 Å². The number of aromatic nitrogens is 3. The Morgan fingerprint density at radius 2 is 1.78 bits per heavy atom. The van der Waals surface area contributed by atoms with Gasteiger partial charge in [0.05, 0.1) is 35.7 Å². The van der Waals surface area contributed by atoms with Crippen molar-refractivity contribution >= 4 is 44.7 Å². The maximum Gasteiger partial charge on any atom is 0.212 e. The zero-order valence-electron chi connectivity index (χ0n) is 14.7. The molecule has 1 aromatic carbocycles. The number of nitrogens with zero attached hydrogens (tertiary/aromatic N) is 4. The topological polar surface area (TPSA) is 70.8 Å². The maximum atomic E-state index is 5.45. The predicted octanol–water partition coefficient (Wildman–Crippen LogP) is 4.15. The molecule has 7 nitrogen and oxygen atoms in total. The molecule has 0 bridgehead atoms. The quantitative estimate of drug-likeness (QED) is 0.562. The summed E-state index contributed by atoms with van der Waals surface area (Å²) in [6, 6.07) is 7.77. The largest absolute Gasteiger partial charge is 0.493 e. The van der Waals surface area contributed by atoms with E-state index in [1.165, 1.54) is 0 Å². The standard InChI is InChI=1S/C17H15BrN4O3S2/c1-23-11-6-9(7-12(24-2)15(11)25-3)16-19-20-17-22(16)21-10(8-26-17)13-4-5-14(18)27-13/h4-7H,8H2,1-3H3. The number of halogens is 1. The lowest BCUT2D eigenvalue weighted by Gasteiger charge is -2.15. The van der Waals surface area contributed by atoms with E-state index in [1.54, 1.807) is 49.1 Å². The molecule has 1 aliphatic rings. The maximum absolute atomic E-state index is 5.45. The van der Waals surface area contributed by atoms with E-state index in [1.807, 2.05) is 18.2 Å². The summed E-state index contributed by atoms with van der Waals surface area (Å²) in [7, 11) is 4.74. The molecule has 0 fully saturated rings. The summed E-state index contributed by atoms with van der Waals surface area (Å²) >= 11 is 6.76. The Balaban J connectivity index is 1.82. The smallest absolute Gasteiger partial charge is 0.212 e. The van der Waals surface area contributed by atoms with E-state index in [2.05, 4.69) is 32.2 Å². The molecule has 0 saturated heterocycles. The van der Waals surface area contributed by atoms with Gasteiger partial charge in [-0.15, -0.1) is 21.5 Å². The van der Waals surface area contributed by atoms with Gasteiger partial charge < -0.3 is 14.2 Å². The molecule has 0 aliphatic carbocycles. The van der Waals surface area contributed by atoms with E-state index in [9.17, 15) is 0 Å². The molecule has 0 N–H and O–H groups in total. The van der Waals surface area contributed by atoms with Gasteiger partial charge in [0.1, 0.15) is 0 Å². The molecule has 0 spiro atoms. The normalized spacial score (nSPS) is 13.1. The van der Waals surface area contributed by atoms with Crippen LogP contribution < -0.4 is 14.2 Å². The van der Waals surface area contributed by atoms with Gasteiger partial charge >= 0.3 is 0 Å². The molecular formula is C17H15BrN4O3S2. The van der Waals surface area contributed by atoms with Crippen LogP contribution in [0.3, 0.4) is 0 Å². The van der Waals surface area contributed by atoms with Gasteiger partial charge in [-0.3, -0.25) is 0 Å². The summed E-state index contributed by atoms with van der Waals surface area (Å²) in [5.41, 5.74) is 1.76. The fourth-order valence-corrected chi connectivity index (χ4v) is 5.00. The summed E-state index contributed by atoms with van der Waals surface area (Å²) in [4.78, 5) is 1.12. The molecule has 10 heteroatoms. The van der Waals surface area contributed by atoms with Crippen LogP contribution >= 0.6 is 39.0 Å². The van der Waals surface area contributed by atoms with Crippen LogP contribution in [0.2, 0.25) is 0 Å². The van der Waals surface area contributed by atoms with Crippen molar-refractivity contribution in [2.75, 3.05) is 27.1 Å². The second kappa shape index (κ2) is 7.53. The fraction of sp³-hybridized carbons (Fsp3) is 0.235. The first-order valence-corrected chi connectivity index (χ1v) is 10.5. The number of hydrogen-bond donors (Lipinski definition) is 0. The first kappa shape index (κ1) is 18.3. The molecule has 3 heterocycles. The van der Waals surface area contributed by atoms with Gasteiger partial charge in [-0.25, -0.2) is 0 Å². The molecule has 2 aromatic heterocycles. The van der Waals surface area contributed by atoms with Crippen molar-refractivity contribution in [3.8, 4) is 28.6 Å². The highest BCUT2D eigenvalue weighted by molar-refractivity contribution is 9.11.